The van der Waals surface area contributed by atoms with E-state index in [0.29, 0.717) is 5.16 Å². The van der Waals surface area contributed by atoms with Crippen LogP contribution in [0.25, 0.3) is 0 Å². The lowest BCUT2D eigenvalue weighted by molar-refractivity contribution is 0.844. The maximum atomic E-state index is 8.46. The van der Waals surface area contributed by atoms with E-state index in [2.05, 4.69) is 16.3 Å². The molecule has 1 unspecified atom stereocenters. The second kappa shape index (κ2) is 3.25. The molecule has 0 bridgehead atoms. The lowest BCUT2D eigenvalue weighted by Gasteiger charge is -1.99. The highest BCUT2D eigenvalue weighted by Gasteiger charge is 2.07. The monoisotopic (exact) mass is 169 g/mol. The van der Waals surface area contributed by atoms with E-state index in [4.69, 9.17) is 11.1 Å². The lowest BCUT2D eigenvalue weighted by atomic mass is 10.5. The molecular formula is C5H7N5S. The van der Waals surface area contributed by atoms with Crippen molar-refractivity contribution in [2.45, 2.75) is 17.3 Å². The minimum absolute atomic E-state index is 0.151. The summed E-state index contributed by atoms with van der Waals surface area (Å²) >= 11 is 1.28. The van der Waals surface area contributed by atoms with Gasteiger partial charge in [-0.1, -0.05) is 11.8 Å². The van der Waals surface area contributed by atoms with Gasteiger partial charge in [-0.15, -0.1) is 10.2 Å². The Hall–Kier alpha value is -1.22. The van der Waals surface area contributed by atoms with Gasteiger partial charge in [0.15, 0.2) is 0 Å². The third-order valence-corrected chi connectivity index (χ3v) is 1.97. The van der Waals surface area contributed by atoms with Crippen LogP contribution < -0.4 is 5.84 Å². The Morgan fingerprint density at radius 2 is 2.64 bits per heavy atom. The van der Waals surface area contributed by atoms with Crippen LogP contribution in [0.3, 0.4) is 0 Å². The van der Waals surface area contributed by atoms with Crippen molar-refractivity contribution < 1.29 is 0 Å². The Morgan fingerprint density at radius 1 is 1.91 bits per heavy atom. The molecule has 1 heterocycles. The van der Waals surface area contributed by atoms with Crippen molar-refractivity contribution in [1.82, 2.24) is 14.9 Å². The zero-order valence-corrected chi connectivity index (χ0v) is 6.75. The first-order valence-electron chi connectivity index (χ1n) is 2.95. The summed E-state index contributed by atoms with van der Waals surface area (Å²) in [5.74, 6) is 5.40. The summed E-state index contributed by atoms with van der Waals surface area (Å²) in [5, 5.41) is 16.1. The fourth-order valence-electron chi connectivity index (χ4n) is 0.501. The molecule has 0 spiro atoms. The van der Waals surface area contributed by atoms with E-state index >= 15 is 0 Å². The number of nitriles is 1. The van der Waals surface area contributed by atoms with Crippen molar-refractivity contribution in [3.63, 3.8) is 0 Å². The van der Waals surface area contributed by atoms with Gasteiger partial charge in [-0.3, -0.25) is 0 Å². The van der Waals surface area contributed by atoms with Crippen LogP contribution >= 0.6 is 11.8 Å². The second-order valence-electron chi connectivity index (χ2n) is 1.91. The predicted octanol–water partition coefficient (Wildman–Crippen LogP) is -0.00392. The fourth-order valence-corrected chi connectivity index (χ4v) is 1.13. The third-order valence-electron chi connectivity index (χ3n) is 1.00. The first-order valence-corrected chi connectivity index (χ1v) is 3.83. The van der Waals surface area contributed by atoms with Gasteiger partial charge in [0.25, 0.3) is 0 Å². The molecule has 1 rings (SSSR count). The van der Waals surface area contributed by atoms with Gasteiger partial charge in [0.2, 0.25) is 5.16 Å². The van der Waals surface area contributed by atoms with Crippen LogP contribution in [0.4, 0.5) is 0 Å². The minimum Gasteiger partial charge on any atom is -0.336 e. The highest BCUT2D eigenvalue weighted by atomic mass is 32.2. The zero-order valence-electron chi connectivity index (χ0n) is 5.93. The van der Waals surface area contributed by atoms with Crippen LogP contribution in [0.2, 0.25) is 0 Å². The molecule has 1 atom stereocenters. The summed E-state index contributed by atoms with van der Waals surface area (Å²) in [6.07, 6.45) is 1.40. The standard InChI is InChI=1S/C5H7N5S/c1-4(2-6)11-5-9-8-3-10(5)7/h3-4H,7H2,1H3. The molecule has 0 saturated heterocycles. The Kier molecular flexibility index (Phi) is 2.33. The van der Waals surface area contributed by atoms with Crippen LogP contribution in [0.5, 0.6) is 0 Å². The number of nitrogens with zero attached hydrogens (tertiary/aromatic N) is 4. The van der Waals surface area contributed by atoms with Crippen molar-refractivity contribution in [2.24, 2.45) is 0 Å². The summed E-state index contributed by atoms with van der Waals surface area (Å²) in [4.78, 5) is 0. The molecule has 1 aromatic heterocycles. The smallest absolute Gasteiger partial charge is 0.210 e. The molecule has 0 saturated carbocycles. The van der Waals surface area contributed by atoms with Gasteiger partial charge >= 0.3 is 0 Å². The molecule has 0 fully saturated rings. The Labute approximate surface area is 68.2 Å². The number of nitrogen functional groups attached to an aromatic ring is 1. The number of hydrogen-bond acceptors (Lipinski definition) is 5. The molecule has 58 valence electrons. The maximum absolute atomic E-state index is 8.46. The molecule has 0 radical (unpaired) electrons. The van der Waals surface area contributed by atoms with Crippen molar-refractivity contribution >= 4 is 11.8 Å². The van der Waals surface area contributed by atoms with E-state index < -0.39 is 0 Å². The van der Waals surface area contributed by atoms with E-state index in [9.17, 15) is 0 Å². The molecule has 0 aliphatic carbocycles. The zero-order chi connectivity index (χ0) is 8.27. The molecule has 0 aromatic carbocycles. The molecule has 11 heavy (non-hydrogen) atoms. The molecule has 5 nitrogen and oxygen atoms in total. The first kappa shape index (κ1) is 7.88. The SMILES string of the molecule is CC(C#N)Sc1nncn1N. The average Bonchev–Trinajstić information content (AvgIpc) is 2.37. The summed E-state index contributed by atoms with van der Waals surface area (Å²) in [7, 11) is 0. The van der Waals surface area contributed by atoms with Gasteiger partial charge in [-0.05, 0) is 6.92 Å². The first-order chi connectivity index (χ1) is 5.24. The second-order valence-corrected chi connectivity index (χ2v) is 3.22. The predicted molar refractivity (Wildman–Crippen MR) is 41.1 cm³/mol. The van der Waals surface area contributed by atoms with Crippen molar-refractivity contribution in [2.75, 3.05) is 5.84 Å². The van der Waals surface area contributed by atoms with Crippen LogP contribution in [0.15, 0.2) is 11.5 Å². The van der Waals surface area contributed by atoms with E-state index in [1.165, 1.54) is 22.8 Å². The summed E-state index contributed by atoms with van der Waals surface area (Å²) in [6, 6.07) is 2.06. The van der Waals surface area contributed by atoms with Gasteiger partial charge in [0.1, 0.15) is 6.33 Å². The van der Waals surface area contributed by atoms with Crippen molar-refractivity contribution in [3.8, 4) is 6.07 Å². The Balaban J connectivity index is 2.66. The highest BCUT2D eigenvalue weighted by molar-refractivity contribution is 8.00. The van der Waals surface area contributed by atoms with Crippen LogP contribution in [0, 0.1) is 11.3 Å². The van der Waals surface area contributed by atoms with Crippen LogP contribution in [-0.4, -0.2) is 20.1 Å². The average molecular weight is 169 g/mol. The van der Waals surface area contributed by atoms with Gasteiger partial charge in [0, 0.05) is 0 Å². The summed E-state index contributed by atoms with van der Waals surface area (Å²) in [5.41, 5.74) is 0. The van der Waals surface area contributed by atoms with E-state index in [0.717, 1.165) is 0 Å². The fraction of sp³-hybridized carbons (Fsp3) is 0.400. The topological polar surface area (TPSA) is 80.5 Å². The molecule has 0 amide bonds. The Morgan fingerprint density at radius 3 is 3.09 bits per heavy atom. The van der Waals surface area contributed by atoms with E-state index in [-0.39, 0.29) is 5.25 Å². The van der Waals surface area contributed by atoms with E-state index in [1.807, 2.05) is 0 Å². The van der Waals surface area contributed by atoms with Gasteiger partial charge in [-0.2, -0.15) is 5.26 Å². The number of nitrogens with two attached hydrogens (primary N) is 1. The Bertz CT molecular complexity index is 275. The normalized spacial score (nSPS) is 12.4. The quantitative estimate of drug-likeness (QED) is 0.497. The molecular weight excluding hydrogens is 162 g/mol. The van der Waals surface area contributed by atoms with E-state index in [1.54, 1.807) is 6.92 Å². The maximum Gasteiger partial charge on any atom is 0.210 e. The number of rotatable bonds is 2. The molecule has 2 N–H and O–H groups in total. The number of hydrogen-bond donors (Lipinski definition) is 1. The number of aromatic nitrogens is 3. The third kappa shape index (κ3) is 1.85. The van der Waals surface area contributed by atoms with Gasteiger partial charge in [0.05, 0.1) is 11.3 Å². The largest absolute Gasteiger partial charge is 0.336 e. The molecule has 1 aromatic rings. The molecule has 6 heteroatoms. The van der Waals surface area contributed by atoms with Crippen molar-refractivity contribution in [1.29, 1.82) is 5.26 Å². The molecule has 0 aliphatic rings. The van der Waals surface area contributed by atoms with Gasteiger partial charge in [-0.25, -0.2) is 4.68 Å². The van der Waals surface area contributed by atoms with Crippen LogP contribution in [-0.2, 0) is 0 Å². The summed E-state index contributed by atoms with van der Waals surface area (Å²) in [6.45, 7) is 1.78. The lowest BCUT2D eigenvalue weighted by Crippen LogP contribution is -2.09. The van der Waals surface area contributed by atoms with Gasteiger partial charge < -0.3 is 5.84 Å². The summed E-state index contributed by atoms with van der Waals surface area (Å²) < 4.78 is 1.29. The van der Waals surface area contributed by atoms with Crippen molar-refractivity contribution in [3.05, 3.63) is 6.33 Å². The highest BCUT2D eigenvalue weighted by Crippen LogP contribution is 2.17. The minimum atomic E-state index is -0.151. The molecule has 0 aliphatic heterocycles. The van der Waals surface area contributed by atoms with Crippen LogP contribution in [0.1, 0.15) is 6.92 Å². The number of thioether (sulfide) groups is 1.